The summed E-state index contributed by atoms with van der Waals surface area (Å²) in [5, 5.41) is 15.6. The quantitative estimate of drug-likeness (QED) is 0.656. The number of carbonyl (C=O) groups is 2. The molecule has 2 aromatic rings. The van der Waals surface area contributed by atoms with Gasteiger partial charge in [0.15, 0.2) is 5.82 Å². The van der Waals surface area contributed by atoms with Gasteiger partial charge in [-0.25, -0.2) is 4.39 Å². The van der Waals surface area contributed by atoms with Crippen LogP contribution in [0.25, 0.3) is 0 Å². The number of nitrogens with one attached hydrogen (secondary N) is 2. The van der Waals surface area contributed by atoms with Gasteiger partial charge in [0, 0.05) is 12.5 Å². The Kier molecular flexibility index (Phi) is 4.14. The fourth-order valence-corrected chi connectivity index (χ4v) is 2.62. The van der Waals surface area contributed by atoms with Crippen LogP contribution in [-0.4, -0.2) is 22.8 Å². The van der Waals surface area contributed by atoms with E-state index in [1.807, 2.05) is 0 Å². The number of fused-ring (bicyclic) bond motifs is 1. The van der Waals surface area contributed by atoms with E-state index >= 15 is 0 Å². The van der Waals surface area contributed by atoms with Crippen molar-refractivity contribution in [1.82, 2.24) is 5.32 Å². The van der Waals surface area contributed by atoms with Gasteiger partial charge in [0.2, 0.25) is 11.7 Å². The molecule has 2 amide bonds. The van der Waals surface area contributed by atoms with Crippen LogP contribution in [0.1, 0.15) is 15.9 Å². The van der Waals surface area contributed by atoms with Gasteiger partial charge < -0.3 is 10.6 Å². The molecule has 1 aliphatic heterocycles. The maximum Gasteiger partial charge on any atom is 0.322 e. The maximum atomic E-state index is 13.8. The van der Waals surface area contributed by atoms with E-state index in [1.54, 1.807) is 30.3 Å². The van der Waals surface area contributed by atoms with Crippen molar-refractivity contribution in [3.8, 4) is 0 Å². The van der Waals surface area contributed by atoms with E-state index in [-0.39, 0.29) is 6.42 Å². The first kappa shape index (κ1) is 16.5. The highest BCUT2D eigenvalue weighted by Crippen LogP contribution is 2.33. The summed E-state index contributed by atoms with van der Waals surface area (Å²) in [5.74, 6) is -4.99. The molecule has 0 saturated carbocycles. The lowest BCUT2D eigenvalue weighted by atomic mass is 10.1. The number of anilines is 1. The van der Waals surface area contributed by atoms with Gasteiger partial charge in [-0.15, -0.1) is 0 Å². The number of rotatable bonds is 3. The first-order valence-electron chi connectivity index (χ1n) is 7.20. The van der Waals surface area contributed by atoms with E-state index in [9.17, 15) is 28.5 Å². The molecule has 1 unspecified atom stereocenters. The van der Waals surface area contributed by atoms with Crippen molar-refractivity contribution in [1.29, 1.82) is 0 Å². The van der Waals surface area contributed by atoms with E-state index in [0.29, 0.717) is 6.07 Å². The van der Waals surface area contributed by atoms with Crippen molar-refractivity contribution in [2.75, 3.05) is 5.32 Å². The summed E-state index contributed by atoms with van der Waals surface area (Å²) in [7, 11) is 0. The van der Waals surface area contributed by atoms with Crippen LogP contribution in [-0.2, 0) is 11.2 Å². The van der Waals surface area contributed by atoms with Crippen LogP contribution >= 0.6 is 0 Å². The van der Waals surface area contributed by atoms with Gasteiger partial charge in [0.25, 0.3) is 5.91 Å². The van der Waals surface area contributed by atoms with Gasteiger partial charge in [-0.1, -0.05) is 30.3 Å². The predicted molar refractivity (Wildman–Crippen MR) is 83.0 cm³/mol. The second-order valence-corrected chi connectivity index (χ2v) is 5.41. The van der Waals surface area contributed by atoms with Crippen LogP contribution in [0.4, 0.5) is 20.2 Å². The van der Waals surface area contributed by atoms with Gasteiger partial charge in [-0.05, 0) is 5.56 Å². The van der Waals surface area contributed by atoms with Crippen LogP contribution in [0.3, 0.4) is 0 Å². The van der Waals surface area contributed by atoms with Crippen LogP contribution in [0.2, 0.25) is 0 Å². The minimum atomic E-state index is -1.75. The van der Waals surface area contributed by atoms with E-state index in [2.05, 4.69) is 10.6 Å². The number of amides is 2. The number of hydrogen-bond acceptors (Lipinski definition) is 4. The fraction of sp³-hybridized carbons (Fsp3) is 0.125. The fourth-order valence-electron chi connectivity index (χ4n) is 2.62. The normalized spacial score (nSPS) is 16.5. The zero-order chi connectivity index (χ0) is 18.1. The molecular weight excluding hydrogens is 336 g/mol. The summed E-state index contributed by atoms with van der Waals surface area (Å²) in [5.41, 5.74) is -1.73. The molecule has 0 radical (unpaired) electrons. The third kappa shape index (κ3) is 3.03. The number of halogens is 2. The molecule has 0 bridgehead atoms. The molecular formula is C16H11F2N3O4. The topological polar surface area (TPSA) is 101 Å². The number of nitro benzene ring substituents is 1. The number of nitrogens with zero attached hydrogens (tertiary/aromatic N) is 1. The lowest BCUT2D eigenvalue weighted by Crippen LogP contribution is -2.42. The Morgan fingerprint density at radius 2 is 1.84 bits per heavy atom. The molecule has 7 nitrogen and oxygen atoms in total. The van der Waals surface area contributed by atoms with Gasteiger partial charge in [-0.2, -0.15) is 4.39 Å². The van der Waals surface area contributed by atoms with Crippen molar-refractivity contribution < 1.29 is 23.3 Å². The monoisotopic (exact) mass is 347 g/mol. The molecule has 0 spiro atoms. The summed E-state index contributed by atoms with van der Waals surface area (Å²) in [6, 6.07) is 8.25. The molecule has 25 heavy (non-hydrogen) atoms. The molecule has 3 rings (SSSR count). The Morgan fingerprint density at radius 1 is 1.16 bits per heavy atom. The van der Waals surface area contributed by atoms with Crippen LogP contribution in [0, 0.1) is 21.7 Å². The molecule has 0 fully saturated rings. The zero-order valence-corrected chi connectivity index (χ0v) is 12.6. The second-order valence-electron chi connectivity index (χ2n) is 5.41. The number of carbonyl (C=O) groups excluding carboxylic acids is 2. The number of nitro groups is 1. The van der Waals surface area contributed by atoms with Crippen molar-refractivity contribution >= 4 is 23.2 Å². The van der Waals surface area contributed by atoms with Crippen molar-refractivity contribution in [3.63, 3.8) is 0 Å². The lowest BCUT2D eigenvalue weighted by Gasteiger charge is -2.14. The average Bonchev–Trinajstić information content (AvgIpc) is 2.67. The molecule has 1 aliphatic rings. The number of benzene rings is 2. The van der Waals surface area contributed by atoms with E-state index in [4.69, 9.17) is 0 Å². The highest BCUT2D eigenvalue weighted by atomic mass is 19.2. The Hall–Kier alpha value is -3.36. The summed E-state index contributed by atoms with van der Waals surface area (Å²) >= 11 is 0. The van der Waals surface area contributed by atoms with Crippen LogP contribution < -0.4 is 10.6 Å². The third-order valence-electron chi connectivity index (χ3n) is 3.77. The summed E-state index contributed by atoms with van der Waals surface area (Å²) in [6.45, 7) is 0. The van der Waals surface area contributed by atoms with E-state index in [1.165, 1.54) is 0 Å². The second kappa shape index (κ2) is 6.27. The Balaban J connectivity index is 2.02. The number of hydrogen-bond donors (Lipinski definition) is 2. The Morgan fingerprint density at radius 3 is 2.48 bits per heavy atom. The highest BCUT2D eigenvalue weighted by Gasteiger charge is 2.37. The SMILES string of the molecule is O=C1NC(Cc2ccccc2)C(=O)Nc2cc(F)c(F)c([N+](=O)[O-])c21. The average molecular weight is 347 g/mol. The summed E-state index contributed by atoms with van der Waals surface area (Å²) in [6.07, 6.45) is 0.116. The minimum Gasteiger partial charge on any atom is -0.340 e. The third-order valence-corrected chi connectivity index (χ3v) is 3.77. The first-order valence-corrected chi connectivity index (χ1v) is 7.20. The van der Waals surface area contributed by atoms with Crippen LogP contribution in [0.15, 0.2) is 36.4 Å². The Bertz CT molecular complexity index is 887. The molecule has 0 aromatic heterocycles. The molecule has 0 saturated heterocycles. The van der Waals surface area contributed by atoms with E-state index in [0.717, 1.165) is 5.56 Å². The molecule has 9 heteroatoms. The van der Waals surface area contributed by atoms with Crippen molar-refractivity contribution in [2.24, 2.45) is 0 Å². The maximum absolute atomic E-state index is 13.8. The molecule has 128 valence electrons. The zero-order valence-electron chi connectivity index (χ0n) is 12.6. The predicted octanol–water partition coefficient (Wildman–Crippen LogP) is 2.17. The molecule has 0 aliphatic carbocycles. The smallest absolute Gasteiger partial charge is 0.322 e. The first-order chi connectivity index (χ1) is 11.9. The molecule has 1 heterocycles. The van der Waals surface area contributed by atoms with Gasteiger partial charge >= 0.3 is 5.69 Å². The summed E-state index contributed by atoms with van der Waals surface area (Å²) < 4.78 is 27.4. The van der Waals surface area contributed by atoms with Gasteiger partial charge in [0.1, 0.15) is 11.6 Å². The highest BCUT2D eigenvalue weighted by molar-refractivity contribution is 6.12. The Labute approximate surface area is 139 Å². The van der Waals surface area contributed by atoms with Gasteiger partial charge in [0.05, 0.1) is 10.6 Å². The van der Waals surface area contributed by atoms with Crippen molar-refractivity contribution in [3.05, 3.63) is 69.3 Å². The molecule has 2 aromatic carbocycles. The molecule has 1 atom stereocenters. The largest absolute Gasteiger partial charge is 0.340 e. The summed E-state index contributed by atoms with van der Waals surface area (Å²) in [4.78, 5) is 34.5. The molecule has 2 N–H and O–H groups in total. The minimum absolute atomic E-state index is 0.116. The van der Waals surface area contributed by atoms with Crippen molar-refractivity contribution in [2.45, 2.75) is 12.5 Å². The lowest BCUT2D eigenvalue weighted by molar-refractivity contribution is -0.388. The van der Waals surface area contributed by atoms with Crippen LogP contribution in [0.5, 0.6) is 0 Å². The standard InChI is InChI=1S/C16H11F2N3O4/c17-9-7-10-12(14(13(9)18)21(24)25)16(23)20-11(15(22)19-10)6-8-4-2-1-3-5-8/h1-5,7,11H,6H2,(H,19,22)(H,20,23). The van der Waals surface area contributed by atoms with Gasteiger partial charge in [-0.3, -0.25) is 19.7 Å². The van der Waals surface area contributed by atoms with E-state index < -0.39 is 51.4 Å².